The normalized spacial score (nSPS) is 35.6. The number of rotatable bonds is 11. The highest BCUT2D eigenvalue weighted by Crippen LogP contribution is 2.70. The summed E-state index contributed by atoms with van der Waals surface area (Å²) in [5.74, 6) is -3.39. The van der Waals surface area contributed by atoms with Crippen molar-refractivity contribution in [2.75, 3.05) is 19.8 Å². The second-order valence-electron chi connectivity index (χ2n) is 13.8. The van der Waals surface area contributed by atoms with Crippen molar-refractivity contribution >= 4 is 29.8 Å². The minimum atomic E-state index is -0.972. The summed E-state index contributed by atoms with van der Waals surface area (Å²) < 4.78 is 35.6. The van der Waals surface area contributed by atoms with Gasteiger partial charge in [-0.1, -0.05) is 41.5 Å². The molecule has 0 aromatic heterocycles. The van der Waals surface area contributed by atoms with E-state index in [-0.39, 0.29) is 49.5 Å². The fourth-order valence-electron chi connectivity index (χ4n) is 7.91. The van der Waals surface area contributed by atoms with Crippen LogP contribution >= 0.6 is 0 Å². The summed E-state index contributed by atoms with van der Waals surface area (Å²) in [4.78, 5) is 62.9. The molecule has 4 rings (SSSR count). The molecule has 1 saturated heterocycles. The Hall–Kier alpha value is -2.95. The van der Waals surface area contributed by atoms with Crippen molar-refractivity contribution in [1.82, 2.24) is 0 Å². The van der Waals surface area contributed by atoms with Gasteiger partial charge >= 0.3 is 29.8 Å². The van der Waals surface area contributed by atoms with Crippen LogP contribution in [0.25, 0.3) is 0 Å². The molecule has 44 heavy (non-hydrogen) atoms. The lowest BCUT2D eigenvalue weighted by molar-refractivity contribution is -0.391. The zero-order valence-electron chi connectivity index (χ0n) is 27.3. The molecule has 2 saturated carbocycles. The molecule has 2 heterocycles. The Morgan fingerprint density at radius 3 is 2.30 bits per heavy atom. The molecule has 4 unspecified atom stereocenters. The number of carbonyl (C=O) groups excluding carboxylic acids is 5. The van der Waals surface area contributed by atoms with E-state index >= 15 is 0 Å². The summed E-state index contributed by atoms with van der Waals surface area (Å²) in [5.41, 5.74) is -1.95. The Morgan fingerprint density at radius 1 is 1.07 bits per heavy atom. The van der Waals surface area contributed by atoms with Crippen LogP contribution in [0.1, 0.15) is 87.5 Å². The second kappa shape index (κ2) is 12.8. The van der Waals surface area contributed by atoms with Crippen LogP contribution in [0.4, 0.5) is 0 Å². The van der Waals surface area contributed by atoms with E-state index in [1.807, 2.05) is 6.92 Å². The second-order valence-corrected chi connectivity index (χ2v) is 13.8. The zero-order valence-corrected chi connectivity index (χ0v) is 27.3. The first-order valence-corrected chi connectivity index (χ1v) is 15.8. The van der Waals surface area contributed by atoms with Gasteiger partial charge in [-0.3, -0.25) is 19.2 Å². The first-order valence-electron chi connectivity index (χ1n) is 15.8. The van der Waals surface area contributed by atoms with Gasteiger partial charge < -0.3 is 28.4 Å². The molecular weight excluding hydrogens is 572 g/mol. The van der Waals surface area contributed by atoms with Gasteiger partial charge in [-0.25, -0.2) is 4.79 Å². The van der Waals surface area contributed by atoms with Crippen molar-refractivity contribution in [3.05, 3.63) is 11.6 Å². The van der Waals surface area contributed by atoms with E-state index in [0.717, 1.165) is 0 Å². The van der Waals surface area contributed by atoms with Crippen LogP contribution < -0.4 is 0 Å². The molecule has 2 aliphatic carbocycles. The van der Waals surface area contributed by atoms with Crippen LogP contribution in [0.5, 0.6) is 0 Å². The van der Waals surface area contributed by atoms with Crippen molar-refractivity contribution in [1.29, 1.82) is 0 Å². The van der Waals surface area contributed by atoms with Crippen LogP contribution in [0.3, 0.4) is 0 Å². The SMILES string of the molecule is CCC(C)C(=O)OC(C[C@]1(C)[C@@H](C)CC(OC(C)=O)[C@]23CO[C@]2(COC(C)=O)CCC(OC(=O)C(C)C)[C@@H]13)C1=CC(=O)OC1. The van der Waals surface area contributed by atoms with E-state index in [0.29, 0.717) is 37.7 Å². The third kappa shape index (κ3) is 6.00. The van der Waals surface area contributed by atoms with E-state index in [1.165, 1.54) is 19.9 Å². The predicted molar refractivity (Wildman–Crippen MR) is 156 cm³/mol. The summed E-state index contributed by atoms with van der Waals surface area (Å²) >= 11 is 0. The van der Waals surface area contributed by atoms with Gasteiger partial charge in [-0.2, -0.15) is 0 Å². The molecular formula is C33H48O11. The Bertz CT molecular complexity index is 1190. The maximum atomic E-state index is 13.1. The summed E-state index contributed by atoms with van der Waals surface area (Å²) in [6, 6.07) is 0. The Kier molecular flexibility index (Phi) is 9.88. The molecule has 2 aliphatic heterocycles. The highest BCUT2D eigenvalue weighted by Gasteiger charge is 2.78. The largest absolute Gasteiger partial charge is 0.463 e. The molecule has 0 bridgehead atoms. The molecule has 11 nitrogen and oxygen atoms in total. The molecule has 0 aromatic rings. The zero-order chi connectivity index (χ0) is 32.6. The van der Waals surface area contributed by atoms with E-state index in [1.54, 1.807) is 20.8 Å². The average Bonchev–Trinajstić information content (AvgIpc) is 3.37. The van der Waals surface area contributed by atoms with E-state index in [9.17, 15) is 24.0 Å². The predicted octanol–water partition coefficient (Wildman–Crippen LogP) is 4.09. The van der Waals surface area contributed by atoms with Gasteiger partial charge in [0.2, 0.25) is 0 Å². The van der Waals surface area contributed by atoms with Crippen molar-refractivity contribution in [2.24, 2.45) is 34.5 Å². The van der Waals surface area contributed by atoms with Crippen LogP contribution in [0.15, 0.2) is 11.6 Å². The third-order valence-electron chi connectivity index (χ3n) is 10.7. The summed E-state index contributed by atoms with van der Waals surface area (Å²) in [7, 11) is 0. The first kappa shape index (κ1) is 33.9. The van der Waals surface area contributed by atoms with E-state index in [4.69, 9.17) is 28.4 Å². The Morgan fingerprint density at radius 2 is 1.77 bits per heavy atom. The van der Waals surface area contributed by atoms with Crippen LogP contribution in [0.2, 0.25) is 0 Å². The van der Waals surface area contributed by atoms with Gasteiger partial charge in [-0.05, 0) is 43.4 Å². The van der Waals surface area contributed by atoms with Crippen molar-refractivity contribution in [3.8, 4) is 0 Å². The summed E-state index contributed by atoms with van der Waals surface area (Å²) in [5, 5.41) is 0. The topological polar surface area (TPSA) is 141 Å². The van der Waals surface area contributed by atoms with Gasteiger partial charge in [0.25, 0.3) is 0 Å². The monoisotopic (exact) mass is 620 g/mol. The molecule has 0 N–H and O–H groups in total. The van der Waals surface area contributed by atoms with Crippen molar-refractivity contribution in [3.63, 3.8) is 0 Å². The first-order chi connectivity index (χ1) is 20.6. The maximum Gasteiger partial charge on any atom is 0.331 e. The molecule has 1 spiro atoms. The lowest BCUT2D eigenvalue weighted by atomic mass is 9.39. The van der Waals surface area contributed by atoms with Gasteiger partial charge in [0.05, 0.1) is 23.9 Å². The smallest absolute Gasteiger partial charge is 0.331 e. The minimum Gasteiger partial charge on any atom is -0.463 e. The Labute approximate surface area is 259 Å². The maximum absolute atomic E-state index is 13.1. The number of esters is 5. The fourth-order valence-corrected chi connectivity index (χ4v) is 7.91. The summed E-state index contributed by atoms with van der Waals surface area (Å²) in [6.45, 7) is 14.3. The number of hydrogen-bond acceptors (Lipinski definition) is 11. The van der Waals surface area contributed by atoms with Crippen LogP contribution in [-0.2, 0) is 52.4 Å². The fraction of sp³-hybridized carbons (Fsp3) is 0.788. The van der Waals surface area contributed by atoms with Gasteiger partial charge in [0, 0.05) is 31.4 Å². The van der Waals surface area contributed by atoms with Gasteiger partial charge in [0.1, 0.15) is 37.1 Å². The number of hydrogen-bond donors (Lipinski definition) is 0. The van der Waals surface area contributed by atoms with Crippen LogP contribution in [-0.4, -0.2) is 73.6 Å². The molecule has 0 amide bonds. The highest BCUT2D eigenvalue weighted by atomic mass is 16.6. The lowest BCUT2D eigenvalue weighted by Crippen LogP contribution is -2.81. The van der Waals surface area contributed by atoms with E-state index in [2.05, 4.69) is 13.8 Å². The minimum absolute atomic E-state index is 0.0128. The molecule has 11 heteroatoms. The lowest BCUT2D eigenvalue weighted by Gasteiger charge is -2.73. The highest BCUT2D eigenvalue weighted by molar-refractivity contribution is 5.85. The molecule has 246 valence electrons. The van der Waals surface area contributed by atoms with Crippen molar-refractivity contribution in [2.45, 2.75) is 111 Å². The molecule has 4 aliphatic rings. The quantitative estimate of drug-likeness (QED) is 0.244. The van der Waals surface area contributed by atoms with Crippen molar-refractivity contribution < 1.29 is 52.4 Å². The average molecular weight is 621 g/mol. The third-order valence-corrected chi connectivity index (χ3v) is 10.7. The number of cyclic esters (lactones) is 1. The van der Waals surface area contributed by atoms with Gasteiger partial charge in [-0.15, -0.1) is 0 Å². The van der Waals surface area contributed by atoms with E-state index < -0.39 is 58.6 Å². The van der Waals surface area contributed by atoms with Gasteiger partial charge in [0.15, 0.2) is 0 Å². The molecule has 0 aromatic carbocycles. The molecule has 3 fully saturated rings. The molecule has 9 atom stereocenters. The Balaban J connectivity index is 1.85. The standard InChI is InChI=1S/C33H48O11/c1-9-19(4)30(38)44-25(23-13-27(36)39-15-23)14-31(8)20(5)12-26(42-22(7)35)33-17-41-32(33,16-40-21(6)34)11-10-24(28(31)33)43-29(37)18(2)3/h13,18-20,24-26,28H,9-12,14-17H2,1-8H3/t19?,20-,24?,25?,26?,28-,31+,32-,33-/m0/s1. The number of carbonyl (C=O) groups is 5. The van der Waals surface area contributed by atoms with Crippen LogP contribution in [0, 0.1) is 34.5 Å². The summed E-state index contributed by atoms with van der Waals surface area (Å²) in [6.07, 6.45) is 1.65. The molecule has 0 radical (unpaired) electrons. The number of ether oxygens (including phenoxy) is 6.